The lowest BCUT2D eigenvalue weighted by atomic mass is 9.94. The summed E-state index contributed by atoms with van der Waals surface area (Å²) in [6, 6.07) is 11.4. The van der Waals surface area contributed by atoms with Crippen molar-refractivity contribution in [2.75, 3.05) is 25.6 Å². The molecule has 0 saturated heterocycles. The maximum absolute atomic E-state index is 14.1. The Hall–Kier alpha value is -6.09. The number of rotatable bonds is 19. The highest BCUT2D eigenvalue weighted by Gasteiger charge is 2.29. The molecule has 3 amide bonds. The van der Waals surface area contributed by atoms with Gasteiger partial charge in [-0.3, -0.25) is 14.4 Å². The van der Waals surface area contributed by atoms with Crippen LogP contribution in [-0.4, -0.2) is 73.3 Å². The van der Waals surface area contributed by atoms with Gasteiger partial charge in [-0.15, -0.1) is 0 Å². The van der Waals surface area contributed by atoms with Crippen LogP contribution in [-0.2, 0) is 19.0 Å². The number of carbonyl (C=O) groups is 5. The van der Waals surface area contributed by atoms with Gasteiger partial charge in [0.1, 0.15) is 23.3 Å². The fourth-order valence-corrected chi connectivity index (χ4v) is 5.50. The highest BCUT2D eigenvalue weighted by atomic mass is 16.7. The molecule has 4 rings (SSSR count). The van der Waals surface area contributed by atoms with Crippen LogP contribution in [0.3, 0.4) is 0 Å². The normalized spacial score (nSPS) is 13.6. The lowest BCUT2D eigenvalue weighted by Gasteiger charge is -2.20. The maximum atomic E-state index is 14.1. The molecule has 15 nitrogen and oxygen atoms in total. The second kappa shape index (κ2) is 20.7. The lowest BCUT2D eigenvalue weighted by Crippen LogP contribution is -2.39. The van der Waals surface area contributed by atoms with E-state index in [0.717, 1.165) is 38.5 Å². The number of hydrogen-bond donors (Lipinski definition) is 4. The number of carbonyl (C=O) groups excluding carboxylic acids is 5. The van der Waals surface area contributed by atoms with E-state index in [1.54, 1.807) is 44.2 Å². The first-order chi connectivity index (χ1) is 27.3. The number of nitrogens with two attached hydrogens (primary N) is 2. The molecular weight excluding hydrogens is 732 g/mol. The molecule has 57 heavy (non-hydrogen) atoms. The number of benzene rings is 2. The van der Waals surface area contributed by atoms with Crippen LogP contribution in [0, 0.1) is 11.8 Å². The molecule has 1 fully saturated rings. The van der Waals surface area contributed by atoms with Crippen LogP contribution < -0.4 is 26.8 Å². The molecule has 3 aromatic rings. The van der Waals surface area contributed by atoms with Gasteiger partial charge in [0.05, 0.1) is 13.7 Å². The maximum Gasteiger partial charge on any atom is 0.435 e. The number of hydrogen-bond acceptors (Lipinski definition) is 11. The van der Waals surface area contributed by atoms with Crippen LogP contribution in [0.4, 0.5) is 10.5 Å². The molecule has 6 N–H and O–H groups in total. The molecule has 304 valence electrons. The van der Waals surface area contributed by atoms with Crippen molar-refractivity contribution in [1.29, 1.82) is 0 Å². The van der Waals surface area contributed by atoms with Gasteiger partial charge < -0.3 is 41.0 Å². The third kappa shape index (κ3) is 12.5. The Kier molecular flexibility index (Phi) is 15.9. The van der Waals surface area contributed by atoms with Gasteiger partial charge in [0.15, 0.2) is 5.69 Å². The number of methoxy groups -OCH3 is 1. The van der Waals surface area contributed by atoms with Gasteiger partial charge in [-0.2, -0.15) is 4.99 Å². The SMILES string of the molecule is C=Cc1cc(C(=O)Nc2ccc(C(N)=NC(=O)OCCCCCC)cc2)c(-c2ccc(C(=O)NCC3CC3)nc2C(=O)OC(C)OC(=O)[C@@H](N)C(C)C)cc1OC. The highest BCUT2D eigenvalue weighted by Crippen LogP contribution is 2.35. The van der Waals surface area contributed by atoms with E-state index in [1.165, 1.54) is 38.3 Å². The average molecular weight is 785 g/mol. The predicted molar refractivity (Wildman–Crippen MR) is 216 cm³/mol. The summed E-state index contributed by atoms with van der Waals surface area (Å²) in [7, 11) is 1.44. The third-order valence-corrected chi connectivity index (χ3v) is 9.11. The standard InChI is InChI=1S/C42H52N6O9/c1-7-9-10-11-20-55-42(53)48-37(44)28-14-16-29(17-15-28)46-38(49)32-21-27(8-2)34(54-6)22-31(32)30-18-19-33(39(50)45-23-26-12-13-26)47-36(30)41(52)57-25(5)56-40(51)35(43)24(3)4/h8,14-19,21-22,24-26,35H,2,7,9-13,20,23,43H2,1,3-6H3,(H,45,50)(H,46,49)(H2,44,48,53)/t25?,35-/m0/s1. The molecule has 0 radical (unpaired) electrons. The number of ether oxygens (including phenoxy) is 4. The zero-order chi connectivity index (χ0) is 41.6. The van der Waals surface area contributed by atoms with Gasteiger partial charge in [0, 0.05) is 47.0 Å². The fraction of sp³-hybridized carbons (Fsp3) is 0.405. The number of aromatic nitrogens is 1. The van der Waals surface area contributed by atoms with E-state index in [1.807, 2.05) is 0 Å². The summed E-state index contributed by atoms with van der Waals surface area (Å²) in [4.78, 5) is 73.9. The first kappa shape index (κ1) is 43.6. The minimum atomic E-state index is -1.37. The van der Waals surface area contributed by atoms with E-state index in [4.69, 9.17) is 30.4 Å². The van der Waals surface area contributed by atoms with Crippen molar-refractivity contribution in [3.63, 3.8) is 0 Å². The molecule has 0 spiro atoms. The molecule has 1 unspecified atom stereocenters. The molecule has 1 heterocycles. The number of esters is 2. The molecular formula is C42H52N6O9. The van der Waals surface area contributed by atoms with Crippen molar-refractivity contribution in [3.05, 3.63) is 83.2 Å². The molecule has 15 heteroatoms. The van der Waals surface area contributed by atoms with Gasteiger partial charge in [-0.05, 0) is 79.6 Å². The summed E-state index contributed by atoms with van der Waals surface area (Å²) in [5.41, 5.74) is 13.2. The first-order valence-electron chi connectivity index (χ1n) is 19.0. The Morgan fingerprint density at radius 3 is 2.32 bits per heavy atom. The molecule has 1 aromatic heterocycles. The van der Waals surface area contributed by atoms with E-state index in [0.29, 0.717) is 35.0 Å². The first-order valence-corrected chi connectivity index (χ1v) is 19.0. The predicted octanol–water partition coefficient (Wildman–Crippen LogP) is 6.24. The van der Waals surface area contributed by atoms with E-state index in [9.17, 15) is 24.0 Å². The van der Waals surface area contributed by atoms with Crippen LogP contribution in [0.1, 0.15) is 109 Å². The monoisotopic (exact) mass is 784 g/mol. The molecule has 1 aliphatic rings. The molecule has 2 atom stereocenters. The van der Waals surface area contributed by atoms with E-state index < -0.39 is 42.2 Å². The van der Waals surface area contributed by atoms with Gasteiger partial charge >= 0.3 is 18.0 Å². The zero-order valence-electron chi connectivity index (χ0n) is 33.1. The average Bonchev–Trinajstić information content (AvgIpc) is 4.03. The smallest absolute Gasteiger partial charge is 0.435 e. The summed E-state index contributed by atoms with van der Waals surface area (Å²) >= 11 is 0. The van der Waals surface area contributed by atoms with Crippen LogP contribution in [0.2, 0.25) is 0 Å². The second-order valence-corrected chi connectivity index (χ2v) is 14.0. The van der Waals surface area contributed by atoms with Crippen LogP contribution >= 0.6 is 0 Å². The van der Waals surface area contributed by atoms with Gasteiger partial charge in [-0.25, -0.2) is 14.6 Å². The van der Waals surface area contributed by atoms with E-state index in [-0.39, 0.29) is 46.4 Å². The number of amidine groups is 1. The fourth-order valence-electron chi connectivity index (χ4n) is 5.50. The Morgan fingerprint density at radius 1 is 0.965 bits per heavy atom. The Labute approximate surface area is 332 Å². The zero-order valence-corrected chi connectivity index (χ0v) is 33.1. The number of nitrogens with zero attached hydrogens (tertiary/aromatic N) is 2. The van der Waals surface area contributed by atoms with Crippen LogP contribution in [0.25, 0.3) is 17.2 Å². The topological polar surface area (TPSA) is 224 Å². The number of nitrogens with one attached hydrogen (secondary N) is 2. The highest BCUT2D eigenvalue weighted by molar-refractivity contribution is 6.11. The Morgan fingerprint density at radius 2 is 1.68 bits per heavy atom. The largest absolute Gasteiger partial charge is 0.496 e. The number of aliphatic imine (C=N–C) groups is 1. The van der Waals surface area contributed by atoms with Crippen LogP contribution in [0.5, 0.6) is 5.75 Å². The number of unbranched alkanes of at least 4 members (excludes halogenated alkanes) is 3. The Balaban J connectivity index is 1.66. The van der Waals surface area contributed by atoms with Crippen molar-refractivity contribution in [2.45, 2.75) is 78.6 Å². The minimum Gasteiger partial charge on any atom is -0.496 e. The number of anilines is 1. The summed E-state index contributed by atoms with van der Waals surface area (Å²) < 4.78 is 21.5. The summed E-state index contributed by atoms with van der Waals surface area (Å²) in [5, 5.41) is 5.67. The summed E-state index contributed by atoms with van der Waals surface area (Å²) in [6.07, 6.45) is 5.16. The van der Waals surface area contributed by atoms with E-state index in [2.05, 4.69) is 34.1 Å². The lowest BCUT2D eigenvalue weighted by molar-refractivity contribution is -0.168. The van der Waals surface area contributed by atoms with Crippen LogP contribution in [0.15, 0.2) is 60.1 Å². The van der Waals surface area contributed by atoms with Crippen molar-refractivity contribution in [2.24, 2.45) is 28.3 Å². The third-order valence-electron chi connectivity index (χ3n) is 9.11. The molecule has 0 bridgehead atoms. The number of amides is 3. The van der Waals surface area contributed by atoms with Gasteiger partial charge in [-0.1, -0.05) is 52.7 Å². The van der Waals surface area contributed by atoms with Gasteiger partial charge in [0.2, 0.25) is 6.29 Å². The second-order valence-electron chi connectivity index (χ2n) is 14.0. The van der Waals surface area contributed by atoms with E-state index >= 15 is 0 Å². The Bertz CT molecular complexity index is 1970. The molecule has 1 saturated carbocycles. The quantitative estimate of drug-likeness (QED) is 0.0348. The minimum absolute atomic E-state index is 0.0528. The summed E-state index contributed by atoms with van der Waals surface area (Å²) in [6.45, 7) is 11.5. The molecule has 2 aromatic carbocycles. The van der Waals surface area contributed by atoms with Crippen molar-refractivity contribution >= 4 is 47.4 Å². The number of pyridine rings is 1. The molecule has 0 aliphatic heterocycles. The van der Waals surface area contributed by atoms with Crippen molar-refractivity contribution < 1.29 is 42.9 Å². The summed E-state index contributed by atoms with van der Waals surface area (Å²) in [5.74, 6) is -2.47. The van der Waals surface area contributed by atoms with Crippen molar-refractivity contribution in [1.82, 2.24) is 10.3 Å². The van der Waals surface area contributed by atoms with Crippen molar-refractivity contribution in [3.8, 4) is 16.9 Å². The molecule has 1 aliphatic carbocycles. The van der Waals surface area contributed by atoms with Gasteiger partial charge in [0.25, 0.3) is 11.8 Å².